The highest BCUT2D eigenvalue weighted by Gasteiger charge is 2.32. The Hall–Kier alpha value is -0.0900. The normalized spacial score (nSPS) is 22.7. The van der Waals surface area contributed by atoms with Crippen LogP contribution < -0.4 is 5.32 Å². The molecular weight excluding hydrogens is 348 g/mol. The van der Waals surface area contributed by atoms with E-state index < -0.39 is 0 Å². The fourth-order valence-electron chi connectivity index (χ4n) is 3.05. The molecule has 1 fully saturated rings. The van der Waals surface area contributed by atoms with E-state index in [2.05, 4.69) is 66.0 Å². The molecule has 0 radical (unpaired) electrons. The largest absolute Gasteiger partial charge is 0.309 e. The topological polar surface area (TPSA) is 15.3 Å². The summed E-state index contributed by atoms with van der Waals surface area (Å²) in [5.74, 6) is 0.709. The van der Waals surface area contributed by atoms with Gasteiger partial charge in [-0.1, -0.05) is 47.4 Å². The zero-order valence-electron chi connectivity index (χ0n) is 13.4. The van der Waals surface area contributed by atoms with E-state index in [1.54, 1.807) is 0 Å². The molecule has 2 nitrogen and oxygen atoms in total. The van der Waals surface area contributed by atoms with Crippen molar-refractivity contribution in [1.82, 2.24) is 10.2 Å². The second kappa shape index (κ2) is 6.99. The minimum absolute atomic E-state index is 0.162. The summed E-state index contributed by atoms with van der Waals surface area (Å²) in [5.41, 5.74) is 1.38. The first kappa shape index (κ1) is 17.3. The van der Waals surface area contributed by atoms with Gasteiger partial charge in [-0.2, -0.15) is 0 Å². The zero-order valence-corrected chi connectivity index (χ0v) is 15.8. The van der Waals surface area contributed by atoms with Crippen molar-refractivity contribution in [1.29, 1.82) is 0 Å². The Labute approximate surface area is 142 Å². The molecule has 21 heavy (non-hydrogen) atoms. The Balaban J connectivity index is 2.15. The smallest absolute Gasteiger partial charge is 0.0462 e. The van der Waals surface area contributed by atoms with E-state index in [9.17, 15) is 0 Å². The van der Waals surface area contributed by atoms with Gasteiger partial charge in [-0.05, 0) is 43.9 Å². The van der Waals surface area contributed by atoms with E-state index in [-0.39, 0.29) is 5.54 Å². The number of halogens is 2. The third-order valence-electron chi connectivity index (χ3n) is 4.06. The van der Waals surface area contributed by atoms with Crippen LogP contribution in [0.5, 0.6) is 0 Å². The van der Waals surface area contributed by atoms with Crippen molar-refractivity contribution in [2.75, 3.05) is 13.1 Å². The van der Waals surface area contributed by atoms with E-state index in [4.69, 9.17) is 11.6 Å². The Morgan fingerprint density at radius 2 is 2.14 bits per heavy atom. The lowest BCUT2D eigenvalue weighted by Crippen LogP contribution is -2.61. The molecule has 1 atom stereocenters. The van der Waals surface area contributed by atoms with Gasteiger partial charge in [0.05, 0.1) is 0 Å². The highest BCUT2D eigenvalue weighted by molar-refractivity contribution is 9.10. The van der Waals surface area contributed by atoms with Gasteiger partial charge in [0.25, 0.3) is 0 Å². The Kier molecular flexibility index (Phi) is 5.75. The van der Waals surface area contributed by atoms with Gasteiger partial charge >= 0.3 is 0 Å². The number of piperazine rings is 1. The van der Waals surface area contributed by atoms with E-state index >= 15 is 0 Å². The third-order valence-corrected chi connectivity index (χ3v) is 4.91. The molecule has 0 saturated carbocycles. The van der Waals surface area contributed by atoms with Gasteiger partial charge in [0.2, 0.25) is 0 Å². The van der Waals surface area contributed by atoms with Crippen molar-refractivity contribution in [3.8, 4) is 0 Å². The number of benzene rings is 1. The predicted octanol–water partition coefficient (Wildman–Crippen LogP) is 4.70. The van der Waals surface area contributed by atoms with Gasteiger partial charge in [0, 0.05) is 40.7 Å². The number of nitrogens with one attached hydrogen (secondary N) is 1. The molecule has 118 valence electrons. The summed E-state index contributed by atoms with van der Waals surface area (Å²) in [5, 5.41) is 4.52. The molecular formula is C17H26BrClN2. The highest BCUT2D eigenvalue weighted by atomic mass is 79.9. The first-order valence-corrected chi connectivity index (χ1v) is 8.87. The second-order valence-corrected chi connectivity index (χ2v) is 8.51. The van der Waals surface area contributed by atoms with Gasteiger partial charge < -0.3 is 5.32 Å². The summed E-state index contributed by atoms with van der Waals surface area (Å²) in [6.45, 7) is 12.2. The van der Waals surface area contributed by atoms with Crippen LogP contribution in [0.25, 0.3) is 0 Å². The van der Waals surface area contributed by atoms with Gasteiger partial charge in [-0.25, -0.2) is 0 Å². The number of hydrogen-bond donors (Lipinski definition) is 1. The molecule has 1 saturated heterocycles. The first-order chi connectivity index (χ1) is 9.77. The average Bonchev–Trinajstić information content (AvgIpc) is 2.35. The van der Waals surface area contributed by atoms with Gasteiger partial charge in [-0.15, -0.1) is 0 Å². The molecule has 1 aromatic carbocycles. The summed E-state index contributed by atoms with van der Waals surface area (Å²) in [6, 6.07) is 6.78. The highest BCUT2D eigenvalue weighted by Crippen LogP contribution is 2.27. The van der Waals surface area contributed by atoms with Crippen LogP contribution in [0.4, 0.5) is 0 Å². The maximum atomic E-state index is 6.40. The molecule has 0 bridgehead atoms. The molecule has 1 N–H and O–H groups in total. The minimum atomic E-state index is 0.162. The van der Waals surface area contributed by atoms with Crippen LogP contribution in [0, 0.1) is 5.92 Å². The zero-order chi connectivity index (χ0) is 15.6. The number of hydrogen-bond acceptors (Lipinski definition) is 2. The van der Waals surface area contributed by atoms with Crippen molar-refractivity contribution in [2.45, 2.75) is 52.2 Å². The van der Waals surface area contributed by atoms with E-state index in [1.165, 1.54) is 12.0 Å². The Bertz CT molecular complexity index is 488. The lowest BCUT2D eigenvalue weighted by molar-refractivity contribution is 0.0760. The van der Waals surface area contributed by atoms with Crippen molar-refractivity contribution in [3.05, 3.63) is 33.3 Å². The quantitative estimate of drug-likeness (QED) is 0.823. The van der Waals surface area contributed by atoms with Crippen LogP contribution in [0.1, 0.15) is 39.7 Å². The summed E-state index contributed by atoms with van der Waals surface area (Å²) in [7, 11) is 0. The predicted molar refractivity (Wildman–Crippen MR) is 94.9 cm³/mol. The molecule has 1 heterocycles. The fraction of sp³-hybridized carbons (Fsp3) is 0.647. The van der Waals surface area contributed by atoms with Crippen molar-refractivity contribution < 1.29 is 0 Å². The Morgan fingerprint density at radius 3 is 2.76 bits per heavy atom. The van der Waals surface area contributed by atoms with Crippen molar-refractivity contribution in [3.63, 3.8) is 0 Å². The molecule has 0 amide bonds. The third kappa shape index (κ3) is 4.95. The maximum absolute atomic E-state index is 6.40. The monoisotopic (exact) mass is 372 g/mol. The first-order valence-electron chi connectivity index (χ1n) is 7.70. The van der Waals surface area contributed by atoms with Crippen LogP contribution in [-0.2, 0) is 6.54 Å². The van der Waals surface area contributed by atoms with Gasteiger partial charge in [-0.3, -0.25) is 4.90 Å². The van der Waals surface area contributed by atoms with Gasteiger partial charge in [0.1, 0.15) is 0 Å². The summed E-state index contributed by atoms with van der Waals surface area (Å²) < 4.78 is 1.04. The van der Waals surface area contributed by atoms with E-state index in [0.717, 1.165) is 29.1 Å². The molecule has 1 unspecified atom stereocenters. The maximum Gasteiger partial charge on any atom is 0.0462 e. The van der Waals surface area contributed by atoms with Crippen LogP contribution in [0.3, 0.4) is 0 Å². The fourth-order valence-corrected chi connectivity index (χ4v) is 3.78. The van der Waals surface area contributed by atoms with Crippen LogP contribution in [0.2, 0.25) is 5.02 Å². The van der Waals surface area contributed by atoms with Crippen LogP contribution in [-0.4, -0.2) is 29.6 Å². The van der Waals surface area contributed by atoms with E-state index in [1.807, 2.05) is 6.07 Å². The van der Waals surface area contributed by atoms with Crippen molar-refractivity contribution >= 4 is 27.5 Å². The Morgan fingerprint density at radius 1 is 1.43 bits per heavy atom. The molecule has 0 spiro atoms. The van der Waals surface area contributed by atoms with Gasteiger partial charge in [0.15, 0.2) is 0 Å². The molecule has 1 aromatic rings. The average molecular weight is 374 g/mol. The summed E-state index contributed by atoms with van der Waals surface area (Å²) in [4.78, 5) is 2.59. The van der Waals surface area contributed by atoms with Crippen LogP contribution in [0.15, 0.2) is 22.7 Å². The molecule has 2 rings (SSSR count). The lowest BCUT2D eigenvalue weighted by Gasteiger charge is -2.45. The molecule has 4 heteroatoms. The molecule has 1 aliphatic heterocycles. The minimum Gasteiger partial charge on any atom is -0.309 e. The second-order valence-electron chi connectivity index (χ2n) is 7.19. The summed E-state index contributed by atoms with van der Waals surface area (Å²) >= 11 is 9.88. The molecule has 1 aliphatic rings. The summed E-state index contributed by atoms with van der Waals surface area (Å²) in [6.07, 6.45) is 1.22. The SMILES string of the molecule is CC(C)CC1CNC(C)(C)CN1Cc1ccc(Br)cc1Cl. The molecule has 0 aromatic heterocycles. The number of rotatable bonds is 4. The molecule has 0 aliphatic carbocycles. The standard InChI is InChI=1S/C17H26BrClN2/c1-12(2)7-15-9-20-17(3,4)11-21(15)10-13-5-6-14(18)8-16(13)19/h5-6,8,12,15,20H,7,9-11H2,1-4H3. The van der Waals surface area contributed by atoms with E-state index in [0.29, 0.717) is 12.0 Å². The van der Waals surface area contributed by atoms with Crippen LogP contribution >= 0.6 is 27.5 Å². The lowest BCUT2D eigenvalue weighted by atomic mass is 9.93. The van der Waals surface area contributed by atoms with Crippen molar-refractivity contribution in [2.24, 2.45) is 5.92 Å². The number of nitrogens with zero attached hydrogens (tertiary/aromatic N) is 1.